The molecule has 27 heavy (non-hydrogen) atoms. The van der Waals surface area contributed by atoms with Crippen LogP contribution in [0.15, 0.2) is 60.7 Å². The maximum Gasteiger partial charge on any atom is 0.175 e. The van der Waals surface area contributed by atoms with E-state index in [0.29, 0.717) is 10.8 Å². The van der Waals surface area contributed by atoms with Gasteiger partial charge in [0, 0.05) is 39.7 Å². The average Bonchev–Trinajstić information content (AvgIpc) is 2.98. The molecule has 0 amide bonds. The van der Waals surface area contributed by atoms with Crippen LogP contribution in [0.25, 0.3) is 21.8 Å². The second-order valence-electron chi connectivity index (χ2n) is 6.53. The number of halogens is 1. The molecule has 2 N–H and O–H groups in total. The van der Waals surface area contributed by atoms with E-state index in [0.717, 1.165) is 17.8 Å². The summed E-state index contributed by atoms with van der Waals surface area (Å²) in [5, 5.41) is 9.12. The molecule has 0 bridgehead atoms. The number of hydrogen-bond donors (Lipinski definition) is 2. The Balaban J connectivity index is 1.65. The van der Waals surface area contributed by atoms with Gasteiger partial charge in [-0.1, -0.05) is 24.3 Å². The summed E-state index contributed by atoms with van der Waals surface area (Å²) in [7, 11) is 0. The van der Waals surface area contributed by atoms with Gasteiger partial charge in [0.05, 0.1) is 0 Å². The number of rotatable bonds is 3. The van der Waals surface area contributed by atoms with Gasteiger partial charge in [0.15, 0.2) is 5.11 Å². The first-order chi connectivity index (χ1) is 13.1. The van der Waals surface area contributed by atoms with Crippen LogP contribution in [-0.4, -0.2) is 9.68 Å². The number of aromatic nitrogens is 1. The SMILES string of the molecule is CCn1c2ccccc2c2cc(NC(=S)Nc3cc(F)ccc3C)ccc21. The third-order valence-electron chi connectivity index (χ3n) is 4.79. The minimum atomic E-state index is -0.292. The molecule has 0 unspecified atom stereocenters. The Kier molecular flexibility index (Phi) is 4.54. The number of para-hydroxylation sites is 1. The van der Waals surface area contributed by atoms with Gasteiger partial charge in [-0.3, -0.25) is 0 Å². The van der Waals surface area contributed by atoms with Crippen LogP contribution < -0.4 is 10.6 Å². The molecule has 5 heteroatoms. The first-order valence-electron chi connectivity index (χ1n) is 8.92. The molecule has 0 saturated heterocycles. The van der Waals surface area contributed by atoms with Gasteiger partial charge in [0.1, 0.15) is 5.82 Å². The van der Waals surface area contributed by atoms with Crippen molar-refractivity contribution in [3.8, 4) is 0 Å². The first kappa shape index (κ1) is 17.5. The predicted octanol–water partition coefficient (Wildman–Crippen LogP) is 6.07. The minimum absolute atomic E-state index is 0.292. The van der Waals surface area contributed by atoms with Gasteiger partial charge in [-0.25, -0.2) is 4.39 Å². The summed E-state index contributed by atoms with van der Waals surface area (Å²) in [6.45, 7) is 4.98. The van der Waals surface area contributed by atoms with E-state index in [-0.39, 0.29) is 5.82 Å². The van der Waals surface area contributed by atoms with Crippen LogP contribution in [0.5, 0.6) is 0 Å². The molecule has 136 valence electrons. The summed E-state index contributed by atoms with van der Waals surface area (Å²) in [5.41, 5.74) is 4.92. The molecule has 0 atom stereocenters. The van der Waals surface area contributed by atoms with E-state index in [1.165, 1.54) is 33.9 Å². The lowest BCUT2D eigenvalue weighted by molar-refractivity contribution is 0.628. The van der Waals surface area contributed by atoms with E-state index in [1.807, 2.05) is 13.0 Å². The summed E-state index contributed by atoms with van der Waals surface area (Å²) < 4.78 is 15.8. The highest BCUT2D eigenvalue weighted by Crippen LogP contribution is 2.31. The smallest absolute Gasteiger partial charge is 0.175 e. The number of fused-ring (bicyclic) bond motifs is 3. The van der Waals surface area contributed by atoms with Crippen LogP contribution in [0, 0.1) is 12.7 Å². The van der Waals surface area contributed by atoms with E-state index < -0.39 is 0 Å². The standard InChI is InChI=1S/C22H20FN3S/c1-3-26-20-7-5-4-6-17(20)18-13-16(10-11-21(18)26)24-22(27)25-19-12-15(23)9-8-14(19)2/h4-13H,3H2,1-2H3,(H2,24,25,27). The Morgan fingerprint density at radius 3 is 2.56 bits per heavy atom. The third kappa shape index (κ3) is 3.26. The molecule has 0 aliphatic heterocycles. The monoisotopic (exact) mass is 377 g/mol. The fourth-order valence-corrected chi connectivity index (χ4v) is 3.71. The van der Waals surface area contributed by atoms with E-state index >= 15 is 0 Å². The highest BCUT2D eigenvalue weighted by atomic mass is 32.1. The average molecular weight is 377 g/mol. The first-order valence-corrected chi connectivity index (χ1v) is 9.33. The van der Waals surface area contributed by atoms with Gasteiger partial charge in [-0.05, 0) is 68.0 Å². The molecule has 0 radical (unpaired) electrons. The molecule has 4 rings (SSSR count). The van der Waals surface area contributed by atoms with Crippen molar-refractivity contribution in [2.24, 2.45) is 0 Å². The number of nitrogens with zero attached hydrogens (tertiary/aromatic N) is 1. The summed E-state index contributed by atoms with van der Waals surface area (Å²) in [4.78, 5) is 0. The maximum absolute atomic E-state index is 13.5. The van der Waals surface area contributed by atoms with Crippen molar-refractivity contribution in [3.63, 3.8) is 0 Å². The van der Waals surface area contributed by atoms with Crippen LogP contribution in [0.3, 0.4) is 0 Å². The molecular formula is C22H20FN3S. The summed E-state index contributed by atoms with van der Waals surface area (Å²) in [6.07, 6.45) is 0. The van der Waals surface area contributed by atoms with Gasteiger partial charge >= 0.3 is 0 Å². The number of aryl methyl sites for hydroxylation is 2. The Hall–Kier alpha value is -2.92. The van der Waals surface area contributed by atoms with Crippen molar-refractivity contribution >= 4 is 50.5 Å². The zero-order chi connectivity index (χ0) is 19.0. The number of anilines is 2. The largest absolute Gasteiger partial charge is 0.341 e. The summed E-state index contributed by atoms with van der Waals surface area (Å²) in [5.74, 6) is -0.292. The van der Waals surface area contributed by atoms with Crippen molar-refractivity contribution in [2.75, 3.05) is 10.6 Å². The molecule has 0 aliphatic rings. The van der Waals surface area contributed by atoms with E-state index in [1.54, 1.807) is 6.07 Å². The molecule has 3 nitrogen and oxygen atoms in total. The second kappa shape index (κ2) is 7.00. The van der Waals surface area contributed by atoms with Crippen LogP contribution in [0.2, 0.25) is 0 Å². The van der Waals surface area contributed by atoms with Crippen molar-refractivity contribution in [1.29, 1.82) is 0 Å². The number of nitrogens with one attached hydrogen (secondary N) is 2. The lowest BCUT2D eigenvalue weighted by Gasteiger charge is -2.13. The molecular weight excluding hydrogens is 357 g/mol. The van der Waals surface area contributed by atoms with Gasteiger partial charge in [0.2, 0.25) is 0 Å². The van der Waals surface area contributed by atoms with Crippen molar-refractivity contribution in [2.45, 2.75) is 20.4 Å². The van der Waals surface area contributed by atoms with Crippen molar-refractivity contribution in [1.82, 2.24) is 4.57 Å². The summed E-state index contributed by atoms with van der Waals surface area (Å²) in [6, 6.07) is 19.2. The van der Waals surface area contributed by atoms with Gasteiger partial charge in [-0.2, -0.15) is 0 Å². The quantitative estimate of drug-likeness (QED) is 0.425. The second-order valence-corrected chi connectivity index (χ2v) is 6.94. The third-order valence-corrected chi connectivity index (χ3v) is 5.00. The van der Waals surface area contributed by atoms with E-state index in [4.69, 9.17) is 12.2 Å². The number of hydrogen-bond acceptors (Lipinski definition) is 1. The van der Waals surface area contributed by atoms with E-state index in [9.17, 15) is 4.39 Å². The Labute approximate surface area is 162 Å². The Morgan fingerprint density at radius 1 is 0.963 bits per heavy atom. The van der Waals surface area contributed by atoms with Crippen LogP contribution in [-0.2, 0) is 6.54 Å². The molecule has 0 saturated carbocycles. The molecule has 4 aromatic rings. The number of benzene rings is 3. The van der Waals surface area contributed by atoms with Crippen molar-refractivity contribution in [3.05, 3.63) is 72.0 Å². The summed E-state index contributed by atoms with van der Waals surface area (Å²) >= 11 is 5.42. The highest BCUT2D eigenvalue weighted by molar-refractivity contribution is 7.80. The molecule has 0 aliphatic carbocycles. The number of thiocarbonyl (C=S) groups is 1. The lowest BCUT2D eigenvalue weighted by Crippen LogP contribution is -2.19. The Morgan fingerprint density at radius 2 is 1.74 bits per heavy atom. The molecule has 0 spiro atoms. The maximum atomic E-state index is 13.5. The molecule has 3 aromatic carbocycles. The Bertz CT molecular complexity index is 1160. The van der Waals surface area contributed by atoms with Crippen LogP contribution in [0.4, 0.5) is 15.8 Å². The van der Waals surface area contributed by atoms with Crippen LogP contribution >= 0.6 is 12.2 Å². The minimum Gasteiger partial charge on any atom is -0.341 e. The topological polar surface area (TPSA) is 29.0 Å². The fraction of sp³-hybridized carbons (Fsp3) is 0.136. The molecule has 1 heterocycles. The van der Waals surface area contributed by atoms with Gasteiger partial charge in [0.25, 0.3) is 0 Å². The van der Waals surface area contributed by atoms with Crippen LogP contribution in [0.1, 0.15) is 12.5 Å². The van der Waals surface area contributed by atoms with Crippen molar-refractivity contribution < 1.29 is 4.39 Å². The molecule has 1 aromatic heterocycles. The van der Waals surface area contributed by atoms with Gasteiger partial charge in [-0.15, -0.1) is 0 Å². The van der Waals surface area contributed by atoms with E-state index in [2.05, 4.69) is 58.5 Å². The highest BCUT2D eigenvalue weighted by Gasteiger charge is 2.10. The van der Waals surface area contributed by atoms with Gasteiger partial charge < -0.3 is 15.2 Å². The fourth-order valence-electron chi connectivity index (χ4n) is 3.49. The predicted molar refractivity (Wildman–Crippen MR) is 116 cm³/mol. The normalized spacial score (nSPS) is 11.1. The zero-order valence-corrected chi connectivity index (χ0v) is 16.0. The zero-order valence-electron chi connectivity index (χ0n) is 15.2. The molecule has 0 fully saturated rings. The lowest BCUT2D eigenvalue weighted by atomic mass is 10.1.